The van der Waals surface area contributed by atoms with E-state index in [0.29, 0.717) is 25.7 Å². The normalized spacial score (nSPS) is 21.0. The summed E-state index contributed by atoms with van der Waals surface area (Å²) < 4.78 is 64.1. The Morgan fingerprint density at radius 1 is 1.37 bits per heavy atom. The van der Waals surface area contributed by atoms with Crippen molar-refractivity contribution in [3.8, 4) is 6.07 Å². The van der Waals surface area contributed by atoms with Crippen LogP contribution in [0, 0.1) is 17.2 Å². The number of rotatable bonds is 5. The van der Waals surface area contributed by atoms with Gasteiger partial charge in [-0.2, -0.15) is 18.4 Å². The maximum absolute atomic E-state index is 13.0. The van der Waals surface area contributed by atoms with E-state index in [1.807, 2.05) is 0 Å². The van der Waals surface area contributed by atoms with Crippen molar-refractivity contribution in [1.82, 2.24) is 4.72 Å². The van der Waals surface area contributed by atoms with E-state index >= 15 is 0 Å². The molecule has 2 atom stereocenters. The summed E-state index contributed by atoms with van der Waals surface area (Å²) in [5, 5.41) is 7.25. The highest BCUT2D eigenvalue weighted by atomic mass is 32.2. The van der Waals surface area contributed by atoms with Gasteiger partial charge in [0.25, 0.3) is 0 Å². The number of sulfonamides is 1. The third kappa shape index (κ3) is 4.08. The van der Waals surface area contributed by atoms with Crippen LogP contribution in [0.4, 0.5) is 13.2 Å². The lowest BCUT2D eigenvalue weighted by molar-refractivity contribution is -0.162. The summed E-state index contributed by atoms with van der Waals surface area (Å²) in [6.07, 6.45) is -2.61. The largest absolute Gasteiger partial charge is 0.405 e. The summed E-state index contributed by atoms with van der Waals surface area (Å²) in [6, 6.07) is -0.560. The zero-order valence-corrected chi connectivity index (χ0v) is 11.4. The molecule has 1 fully saturated rings. The van der Waals surface area contributed by atoms with Crippen LogP contribution >= 0.6 is 0 Å². The van der Waals surface area contributed by atoms with Gasteiger partial charge in [0.15, 0.2) is 5.25 Å². The highest BCUT2D eigenvalue weighted by molar-refractivity contribution is 7.90. The number of hydrogen-bond acceptors (Lipinski definition) is 3. The standard InChI is InChI=1S/C11H17F3N2O2S/c1-2-9(7-15)19(17,18)16-10(11(12,13)14)8-5-3-4-6-8/h8-10,16H,2-6H2,1H3/t9-,10-/m1/s1. The van der Waals surface area contributed by atoms with Crippen molar-refractivity contribution < 1.29 is 21.6 Å². The molecule has 0 spiro atoms. The molecule has 1 N–H and O–H groups in total. The molecule has 8 heteroatoms. The number of nitriles is 1. The van der Waals surface area contributed by atoms with E-state index in [0.717, 1.165) is 0 Å². The van der Waals surface area contributed by atoms with Gasteiger partial charge in [0.05, 0.1) is 6.07 Å². The van der Waals surface area contributed by atoms with Crippen molar-refractivity contribution in [1.29, 1.82) is 5.26 Å². The molecule has 0 unspecified atom stereocenters. The molecule has 0 aromatic rings. The van der Waals surface area contributed by atoms with E-state index in [1.165, 1.54) is 13.0 Å². The summed E-state index contributed by atoms with van der Waals surface area (Å²) in [4.78, 5) is 0. The Labute approximate surface area is 111 Å². The van der Waals surface area contributed by atoms with Crippen molar-refractivity contribution >= 4 is 10.0 Å². The predicted molar refractivity (Wildman–Crippen MR) is 63.5 cm³/mol. The molecular weight excluding hydrogens is 281 g/mol. The van der Waals surface area contributed by atoms with E-state index in [2.05, 4.69) is 0 Å². The smallest absolute Gasteiger partial charge is 0.211 e. The van der Waals surface area contributed by atoms with Crippen LogP contribution in [0.25, 0.3) is 0 Å². The Morgan fingerprint density at radius 2 is 1.89 bits per heavy atom. The van der Waals surface area contributed by atoms with Crippen molar-refractivity contribution in [2.24, 2.45) is 5.92 Å². The minimum atomic E-state index is -4.63. The predicted octanol–water partition coefficient (Wildman–Crippen LogP) is 2.33. The van der Waals surface area contributed by atoms with Crippen LogP contribution in [-0.2, 0) is 10.0 Å². The lowest BCUT2D eigenvalue weighted by Gasteiger charge is -2.27. The number of nitrogens with one attached hydrogen (secondary N) is 1. The topological polar surface area (TPSA) is 70.0 Å². The number of hydrogen-bond donors (Lipinski definition) is 1. The molecule has 1 saturated carbocycles. The van der Waals surface area contributed by atoms with Crippen LogP contribution in [0.15, 0.2) is 0 Å². The molecule has 0 aromatic carbocycles. The maximum atomic E-state index is 13.0. The Bertz CT molecular complexity index is 436. The van der Waals surface area contributed by atoms with E-state index in [-0.39, 0.29) is 6.42 Å². The van der Waals surface area contributed by atoms with Crippen molar-refractivity contribution in [3.63, 3.8) is 0 Å². The van der Waals surface area contributed by atoms with Crippen LogP contribution in [-0.4, -0.2) is 25.9 Å². The van der Waals surface area contributed by atoms with Gasteiger partial charge in [0, 0.05) is 0 Å². The van der Waals surface area contributed by atoms with Crippen molar-refractivity contribution in [3.05, 3.63) is 0 Å². The fraction of sp³-hybridized carbons (Fsp3) is 0.909. The van der Waals surface area contributed by atoms with E-state index in [4.69, 9.17) is 5.26 Å². The highest BCUT2D eigenvalue weighted by Gasteiger charge is 2.48. The molecule has 4 nitrogen and oxygen atoms in total. The van der Waals surface area contributed by atoms with E-state index in [1.54, 1.807) is 4.72 Å². The summed E-state index contributed by atoms with van der Waals surface area (Å²) in [5.41, 5.74) is 0. The number of halogens is 3. The average Bonchev–Trinajstić information content (AvgIpc) is 2.78. The van der Waals surface area contributed by atoms with Crippen molar-refractivity contribution in [2.75, 3.05) is 0 Å². The maximum Gasteiger partial charge on any atom is 0.405 e. The Balaban J connectivity index is 2.92. The SMILES string of the molecule is CC[C@H](C#N)S(=O)(=O)N[C@H](C1CCCC1)C(F)(F)F. The Kier molecular flexibility index (Phi) is 5.21. The second-order valence-electron chi connectivity index (χ2n) is 4.75. The molecule has 1 aliphatic carbocycles. The third-order valence-electron chi connectivity index (χ3n) is 3.40. The van der Waals surface area contributed by atoms with E-state index in [9.17, 15) is 21.6 Å². The van der Waals surface area contributed by atoms with Crippen LogP contribution in [0.3, 0.4) is 0 Å². The zero-order chi connectivity index (χ0) is 14.7. The molecule has 1 rings (SSSR count). The first-order valence-corrected chi connectivity index (χ1v) is 7.74. The average molecular weight is 298 g/mol. The number of alkyl halides is 3. The molecule has 0 heterocycles. The molecule has 0 bridgehead atoms. The van der Waals surface area contributed by atoms with Crippen LogP contribution < -0.4 is 4.72 Å². The Hall–Kier alpha value is -0.810. The van der Waals surface area contributed by atoms with Crippen LogP contribution in [0.1, 0.15) is 39.0 Å². The van der Waals surface area contributed by atoms with Gasteiger partial charge < -0.3 is 0 Å². The van der Waals surface area contributed by atoms with Crippen LogP contribution in [0.2, 0.25) is 0 Å². The molecule has 19 heavy (non-hydrogen) atoms. The molecular formula is C11H17F3N2O2S. The molecule has 0 radical (unpaired) electrons. The molecule has 1 aliphatic rings. The lowest BCUT2D eigenvalue weighted by Crippen LogP contribution is -2.51. The van der Waals surface area contributed by atoms with Crippen molar-refractivity contribution in [2.45, 2.75) is 56.5 Å². The summed E-state index contributed by atoms with van der Waals surface area (Å²) in [5.74, 6) is -0.731. The second kappa shape index (κ2) is 6.09. The lowest BCUT2D eigenvalue weighted by atomic mass is 9.99. The van der Waals surface area contributed by atoms with Gasteiger partial charge in [0.1, 0.15) is 6.04 Å². The van der Waals surface area contributed by atoms with Gasteiger partial charge in [-0.25, -0.2) is 13.1 Å². The zero-order valence-electron chi connectivity index (χ0n) is 10.6. The quantitative estimate of drug-likeness (QED) is 0.847. The van der Waals surface area contributed by atoms with Gasteiger partial charge in [-0.3, -0.25) is 0 Å². The van der Waals surface area contributed by atoms with Gasteiger partial charge in [-0.15, -0.1) is 0 Å². The fourth-order valence-corrected chi connectivity index (χ4v) is 3.78. The summed E-state index contributed by atoms with van der Waals surface area (Å²) in [7, 11) is -4.27. The molecule has 0 amide bonds. The summed E-state index contributed by atoms with van der Waals surface area (Å²) >= 11 is 0. The minimum Gasteiger partial charge on any atom is -0.211 e. The Morgan fingerprint density at radius 3 is 2.26 bits per heavy atom. The molecule has 0 aromatic heterocycles. The fourth-order valence-electron chi connectivity index (χ4n) is 2.36. The first-order valence-electron chi connectivity index (χ1n) is 6.19. The molecule has 0 aliphatic heterocycles. The van der Waals surface area contributed by atoms with E-state index < -0.39 is 33.4 Å². The highest BCUT2D eigenvalue weighted by Crippen LogP contribution is 2.36. The van der Waals surface area contributed by atoms with Gasteiger partial charge >= 0.3 is 6.18 Å². The monoisotopic (exact) mass is 298 g/mol. The minimum absolute atomic E-state index is 0.0406. The van der Waals surface area contributed by atoms with Gasteiger partial charge in [-0.05, 0) is 25.2 Å². The molecule has 110 valence electrons. The van der Waals surface area contributed by atoms with Gasteiger partial charge in [0.2, 0.25) is 10.0 Å². The number of nitrogens with zero attached hydrogens (tertiary/aromatic N) is 1. The summed E-state index contributed by atoms with van der Waals surface area (Å²) in [6.45, 7) is 1.45. The first kappa shape index (κ1) is 16.2. The second-order valence-corrected chi connectivity index (χ2v) is 6.65. The third-order valence-corrected chi connectivity index (χ3v) is 5.17. The first-order chi connectivity index (χ1) is 8.72. The molecule has 0 saturated heterocycles. The van der Waals surface area contributed by atoms with Crippen LogP contribution in [0.5, 0.6) is 0 Å². The van der Waals surface area contributed by atoms with Gasteiger partial charge in [-0.1, -0.05) is 19.8 Å².